The quantitative estimate of drug-likeness (QED) is 0.717. The molecule has 0 spiro atoms. The van der Waals surface area contributed by atoms with Crippen molar-refractivity contribution < 1.29 is 9.47 Å². The maximum absolute atomic E-state index is 9.49. The zero-order valence-corrected chi connectivity index (χ0v) is 14.0. The molecule has 118 valence electrons. The van der Waals surface area contributed by atoms with Gasteiger partial charge in [-0.15, -0.1) is 0 Å². The molecule has 0 bridgehead atoms. The number of nitriles is 1. The second-order valence-electron chi connectivity index (χ2n) is 4.76. The number of rotatable bonds is 5. The average molecular weight is 328 g/mol. The van der Waals surface area contributed by atoms with Crippen LogP contribution in [0.15, 0.2) is 18.2 Å². The summed E-state index contributed by atoms with van der Waals surface area (Å²) in [4.78, 5) is 5.26. The first-order valence-electron chi connectivity index (χ1n) is 7.34. The van der Waals surface area contributed by atoms with E-state index in [-0.39, 0.29) is 0 Å². The van der Waals surface area contributed by atoms with Gasteiger partial charge >= 0.3 is 0 Å². The lowest BCUT2D eigenvalue weighted by molar-refractivity contribution is 0.288. The van der Waals surface area contributed by atoms with E-state index >= 15 is 0 Å². The van der Waals surface area contributed by atoms with Crippen molar-refractivity contribution in [3.05, 3.63) is 28.9 Å². The number of fused-ring (bicyclic) bond motifs is 1. The molecule has 3 rings (SSSR count). The number of imidazole rings is 1. The van der Waals surface area contributed by atoms with Crippen LogP contribution in [0, 0.1) is 18.3 Å². The summed E-state index contributed by atoms with van der Waals surface area (Å²) in [5.74, 6) is 1.34. The highest BCUT2D eigenvalue weighted by molar-refractivity contribution is 7.16. The molecule has 2 aromatic heterocycles. The van der Waals surface area contributed by atoms with Gasteiger partial charge in [0.05, 0.1) is 13.2 Å². The Morgan fingerprint density at radius 2 is 1.96 bits per heavy atom. The molecular weight excluding hydrogens is 312 g/mol. The van der Waals surface area contributed by atoms with Crippen LogP contribution < -0.4 is 9.47 Å². The van der Waals surface area contributed by atoms with Crippen molar-refractivity contribution >= 4 is 16.3 Å². The van der Waals surface area contributed by atoms with Gasteiger partial charge in [0.25, 0.3) is 0 Å². The average Bonchev–Trinajstić information content (AvgIpc) is 3.05. The molecule has 0 aliphatic carbocycles. The molecule has 0 N–H and O–H groups in total. The van der Waals surface area contributed by atoms with E-state index in [0.29, 0.717) is 41.1 Å². The summed E-state index contributed by atoms with van der Waals surface area (Å²) < 4.78 is 12.8. The number of aryl methyl sites for hydroxylation is 1. The highest BCUT2D eigenvalue weighted by atomic mass is 32.1. The molecule has 3 aromatic rings. The van der Waals surface area contributed by atoms with Crippen molar-refractivity contribution in [3.8, 4) is 28.8 Å². The first kappa shape index (κ1) is 15.3. The van der Waals surface area contributed by atoms with E-state index in [4.69, 9.17) is 9.47 Å². The summed E-state index contributed by atoms with van der Waals surface area (Å²) in [6, 6.07) is 7.78. The normalized spacial score (nSPS) is 10.7. The molecular formula is C16H16N4O2S. The van der Waals surface area contributed by atoms with Gasteiger partial charge in [0.15, 0.2) is 17.2 Å². The standard InChI is InChI=1S/C16H16N4O2S/c1-4-21-13-7-6-11(8-14(13)22-5-2)15-12(9-17)20-16(18-15)23-10(3)19-20/h6-8H,4-5H2,1-3H3. The van der Waals surface area contributed by atoms with Crippen LogP contribution >= 0.6 is 11.3 Å². The predicted octanol–water partition coefficient (Wildman–Crippen LogP) is 3.44. The lowest BCUT2D eigenvalue weighted by atomic mass is 10.1. The Balaban J connectivity index is 2.13. The van der Waals surface area contributed by atoms with E-state index < -0.39 is 0 Å². The monoisotopic (exact) mass is 328 g/mol. The van der Waals surface area contributed by atoms with Crippen molar-refractivity contribution in [3.63, 3.8) is 0 Å². The van der Waals surface area contributed by atoms with Crippen LogP contribution in [0.4, 0.5) is 0 Å². The van der Waals surface area contributed by atoms with Gasteiger partial charge in [0.2, 0.25) is 4.96 Å². The highest BCUT2D eigenvalue weighted by Gasteiger charge is 2.18. The Morgan fingerprint density at radius 3 is 2.65 bits per heavy atom. The molecule has 0 atom stereocenters. The Morgan fingerprint density at radius 1 is 1.22 bits per heavy atom. The molecule has 23 heavy (non-hydrogen) atoms. The summed E-state index contributed by atoms with van der Waals surface area (Å²) in [7, 11) is 0. The van der Waals surface area contributed by atoms with Crippen LogP contribution in [-0.4, -0.2) is 27.8 Å². The number of benzene rings is 1. The maximum atomic E-state index is 9.49. The minimum Gasteiger partial charge on any atom is -0.490 e. The van der Waals surface area contributed by atoms with E-state index in [1.807, 2.05) is 39.0 Å². The maximum Gasteiger partial charge on any atom is 0.213 e. The van der Waals surface area contributed by atoms with Crippen LogP contribution in [-0.2, 0) is 0 Å². The van der Waals surface area contributed by atoms with Gasteiger partial charge in [-0.05, 0) is 39.0 Å². The number of hydrogen-bond donors (Lipinski definition) is 0. The zero-order chi connectivity index (χ0) is 16.4. The van der Waals surface area contributed by atoms with Crippen molar-refractivity contribution in [1.29, 1.82) is 5.26 Å². The lowest BCUT2D eigenvalue weighted by Gasteiger charge is -2.11. The Kier molecular flexibility index (Phi) is 4.17. The van der Waals surface area contributed by atoms with Gasteiger partial charge in [0, 0.05) is 5.56 Å². The molecule has 0 saturated heterocycles. The molecule has 6 nitrogen and oxygen atoms in total. The Hall–Kier alpha value is -2.59. The highest BCUT2D eigenvalue weighted by Crippen LogP contribution is 2.34. The molecule has 2 heterocycles. The molecule has 1 aromatic carbocycles. The molecule has 0 aliphatic heterocycles. The molecule has 0 fully saturated rings. The SMILES string of the molecule is CCOc1ccc(-c2nc3sc(C)nn3c2C#N)cc1OCC. The largest absolute Gasteiger partial charge is 0.490 e. The number of nitrogens with zero attached hydrogens (tertiary/aromatic N) is 4. The van der Waals surface area contributed by atoms with Gasteiger partial charge in [-0.25, -0.2) is 4.98 Å². The van der Waals surface area contributed by atoms with Crippen LogP contribution in [0.25, 0.3) is 16.2 Å². The van der Waals surface area contributed by atoms with Crippen LogP contribution in [0.1, 0.15) is 24.5 Å². The second-order valence-corrected chi connectivity index (χ2v) is 5.92. The fourth-order valence-corrected chi connectivity index (χ4v) is 3.09. The van der Waals surface area contributed by atoms with E-state index in [1.54, 1.807) is 4.52 Å². The van der Waals surface area contributed by atoms with Gasteiger partial charge in [-0.1, -0.05) is 11.3 Å². The lowest BCUT2D eigenvalue weighted by Crippen LogP contribution is -1.99. The Bertz CT molecular complexity index is 891. The Labute approximate surface area is 137 Å². The fourth-order valence-electron chi connectivity index (χ4n) is 2.34. The van der Waals surface area contributed by atoms with Crippen LogP contribution in [0.5, 0.6) is 11.5 Å². The third-order valence-electron chi connectivity index (χ3n) is 3.23. The predicted molar refractivity (Wildman–Crippen MR) is 88.1 cm³/mol. The first-order chi connectivity index (χ1) is 11.2. The summed E-state index contributed by atoms with van der Waals surface area (Å²) in [5, 5.41) is 14.7. The summed E-state index contributed by atoms with van der Waals surface area (Å²) in [5.41, 5.74) is 1.84. The molecule has 0 unspecified atom stereocenters. The third-order valence-corrected chi connectivity index (χ3v) is 4.05. The van der Waals surface area contributed by atoms with Gasteiger partial charge in [-0.3, -0.25) is 0 Å². The summed E-state index contributed by atoms with van der Waals surface area (Å²) in [6.45, 7) is 6.83. The number of ether oxygens (including phenoxy) is 2. The van der Waals surface area contributed by atoms with E-state index in [1.165, 1.54) is 11.3 Å². The van der Waals surface area contributed by atoms with Crippen molar-refractivity contribution in [2.24, 2.45) is 0 Å². The zero-order valence-electron chi connectivity index (χ0n) is 13.2. The van der Waals surface area contributed by atoms with Crippen molar-refractivity contribution in [2.45, 2.75) is 20.8 Å². The van der Waals surface area contributed by atoms with Gasteiger partial charge in [-0.2, -0.15) is 14.9 Å². The fraction of sp³-hybridized carbons (Fsp3) is 0.312. The van der Waals surface area contributed by atoms with Crippen molar-refractivity contribution in [2.75, 3.05) is 13.2 Å². The second kappa shape index (κ2) is 6.26. The third kappa shape index (κ3) is 2.73. The topological polar surface area (TPSA) is 72.4 Å². The van der Waals surface area contributed by atoms with Gasteiger partial charge < -0.3 is 9.47 Å². The van der Waals surface area contributed by atoms with E-state index in [2.05, 4.69) is 16.2 Å². The molecule has 0 saturated carbocycles. The number of aromatic nitrogens is 3. The molecule has 0 aliphatic rings. The number of hydrogen-bond acceptors (Lipinski definition) is 6. The smallest absolute Gasteiger partial charge is 0.213 e. The van der Waals surface area contributed by atoms with Crippen molar-refractivity contribution in [1.82, 2.24) is 14.6 Å². The molecule has 0 amide bonds. The first-order valence-corrected chi connectivity index (χ1v) is 8.15. The summed E-state index contributed by atoms with van der Waals surface area (Å²) in [6.07, 6.45) is 0. The molecule has 7 heteroatoms. The minimum absolute atomic E-state index is 0.427. The van der Waals surface area contributed by atoms with Gasteiger partial charge in [0.1, 0.15) is 16.8 Å². The van der Waals surface area contributed by atoms with E-state index in [0.717, 1.165) is 10.6 Å². The minimum atomic E-state index is 0.427. The summed E-state index contributed by atoms with van der Waals surface area (Å²) >= 11 is 1.46. The van der Waals surface area contributed by atoms with Crippen LogP contribution in [0.2, 0.25) is 0 Å². The van der Waals surface area contributed by atoms with Crippen LogP contribution in [0.3, 0.4) is 0 Å². The molecule has 0 radical (unpaired) electrons. The van der Waals surface area contributed by atoms with E-state index in [9.17, 15) is 5.26 Å².